The van der Waals surface area contributed by atoms with Crippen molar-refractivity contribution in [1.82, 2.24) is 5.58 Å². The molecule has 0 fully saturated rings. The molecule has 65 heavy (non-hydrogen) atoms. The van der Waals surface area contributed by atoms with Gasteiger partial charge in [0, 0.05) is 0 Å². The molecule has 4 aliphatic heterocycles. The van der Waals surface area contributed by atoms with Crippen molar-refractivity contribution >= 4 is 119 Å². The van der Waals surface area contributed by atoms with Crippen LogP contribution in [0.2, 0.25) is 6.86 Å². The van der Waals surface area contributed by atoms with E-state index in [4.69, 9.17) is 30.0 Å². The van der Waals surface area contributed by atoms with Crippen LogP contribution in [0.15, 0.2) is 176 Å². The van der Waals surface area contributed by atoms with Gasteiger partial charge < -0.3 is 0 Å². The van der Waals surface area contributed by atoms with Crippen molar-refractivity contribution in [1.29, 1.82) is 0 Å². The van der Waals surface area contributed by atoms with Gasteiger partial charge in [-0.2, -0.15) is 0 Å². The quantitative estimate of drug-likeness (QED) is 0.136. The van der Waals surface area contributed by atoms with Crippen LogP contribution in [0.5, 0.6) is 0 Å². The summed E-state index contributed by atoms with van der Waals surface area (Å²) in [5.41, 5.74) is 5.62. The molecular weight excluding hydrogens is 903 g/mol. The topological polar surface area (TPSA) is 84.0 Å². The zero-order chi connectivity index (χ0) is 43.7. The number of nitrogens with zero attached hydrogens (tertiary/aromatic N) is 8. The van der Waals surface area contributed by atoms with E-state index in [9.17, 15) is 0 Å². The van der Waals surface area contributed by atoms with Crippen molar-refractivity contribution in [3.05, 3.63) is 179 Å². The number of aliphatic imine (C=N–C) groups is 4. The molecule has 6 heterocycles. The Bertz CT molecular complexity index is 3890. The van der Waals surface area contributed by atoms with Crippen LogP contribution in [0.25, 0.3) is 64.6 Å². The zero-order valence-electron chi connectivity index (χ0n) is 36.9. The van der Waals surface area contributed by atoms with E-state index in [0.717, 1.165) is 109 Å². The van der Waals surface area contributed by atoms with E-state index >= 15 is 0 Å². The van der Waals surface area contributed by atoms with Crippen molar-refractivity contribution in [2.24, 2.45) is 30.0 Å². The van der Waals surface area contributed by atoms with Gasteiger partial charge in [-0.3, -0.25) is 0 Å². The predicted molar refractivity (Wildman–Crippen MR) is 271 cm³/mol. The normalized spacial score (nSPS) is 16.0. The van der Waals surface area contributed by atoms with Gasteiger partial charge in [-0.15, -0.1) is 0 Å². The minimum absolute atomic E-state index is 0.336. The van der Waals surface area contributed by atoms with Crippen LogP contribution in [0, 0.1) is 0 Å². The fourth-order valence-corrected chi connectivity index (χ4v) is 32.0. The second-order valence-electron chi connectivity index (χ2n) is 20.1. The molecule has 14 rings (SSSR count). The number of hydrogen-bond acceptors (Lipinski definition) is 6. The van der Waals surface area contributed by atoms with Gasteiger partial charge in [0.1, 0.15) is 0 Å². The third-order valence-electron chi connectivity index (χ3n) is 14.3. The van der Waals surface area contributed by atoms with Crippen molar-refractivity contribution in [2.75, 3.05) is 0 Å². The Morgan fingerprint density at radius 2 is 0.600 bits per heavy atom. The molecule has 0 N–H and O–H groups in total. The van der Waals surface area contributed by atoms with Crippen molar-refractivity contribution in [3.63, 3.8) is 0 Å². The van der Waals surface area contributed by atoms with E-state index in [1.165, 1.54) is 0 Å². The molecule has 0 spiro atoms. The van der Waals surface area contributed by atoms with E-state index < -0.39 is 18.9 Å². The molecular formula is C56H42N8Sn. The Balaban J connectivity index is 1.31. The van der Waals surface area contributed by atoms with Gasteiger partial charge in [-0.25, -0.2) is 0 Å². The molecule has 9 heteroatoms. The van der Waals surface area contributed by atoms with E-state index in [2.05, 4.69) is 193 Å². The van der Waals surface area contributed by atoms with Gasteiger partial charge in [0.25, 0.3) is 0 Å². The maximum absolute atomic E-state index is 5.90. The summed E-state index contributed by atoms with van der Waals surface area (Å²) in [7, 11) is 0. The first-order chi connectivity index (χ1) is 31.4. The average molecular weight is 946 g/mol. The summed E-state index contributed by atoms with van der Waals surface area (Å²) >= 11 is -4.84. The number of rotatable bonds is 0. The molecule has 8 aromatic carbocycles. The molecule has 0 amide bonds. The summed E-state index contributed by atoms with van der Waals surface area (Å²) in [5, 5.41) is 13.3. The standard InChI is InChI=1S/C48H24N8.2C4H9.Sn/c1-2-10-26-18-34-33(17-25(26)9-1)41-49-42(34)54-44-37-21-29-13-5-6-14-30(29)22-38(37)46(51-44)56-48-40-24-32-16-8-7-15-31(32)23-39(40)47(52-48)55-45-36-20-28-12-4-3-11-27(28)19-35(36)43(50-45)53-41;2*1-4(2)3;/h1-24H;2*1-3H3;/q-2;;;+2. The number of benzene rings is 8. The molecule has 0 saturated heterocycles. The molecule has 4 aliphatic rings. The predicted octanol–water partition coefficient (Wildman–Crippen LogP) is 12.6. The Morgan fingerprint density at radius 1 is 0.323 bits per heavy atom. The molecule has 0 atom stereocenters. The summed E-state index contributed by atoms with van der Waals surface area (Å²) < 4.78 is 4.65. The monoisotopic (exact) mass is 946 g/mol. The second-order valence-corrected chi connectivity index (χ2v) is 35.0. The van der Waals surface area contributed by atoms with Crippen molar-refractivity contribution in [2.45, 2.75) is 48.4 Å². The van der Waals surface area contributed by atoms with Gasteiger partial charge in [-0.1, -0.05) is 0 Å². The summed E-state index contributed by atoms with van der Waals surface area (Å²) in [4.78, 5) is 34.5. The van der Waals surface area contributed by atoms with Crippen LogP contribution in [-0.4, -0.2) is 47.8 Å². The van der Waals surface area contributed by atoms with Gasteiger partial charge in [-0.05, 0) is 0 Å². The summed E-state index contributed by atoms with van der Waals surface area (Å²) in [6, 6.07) is 52.7. The fraction of sp³-hybridized carbons (Fsp3) is 0.143. The van der Waals surface area contributed by atoms with Gasteiger partial charge in [0.2, 0.25) is 0 Å². The first-order valence-electron chi connectivity index (χ1n) is 22.5. The first kappa shape index (κ1) is 37.3. The molecule has 0 unspecified atom stereocenters. The Morgan fingerprint density at radius 3 is 0.908 bits per heavy atom. The molecule has 6 bridgehead atoms. The third-order valence-corrected chi connectivity index (χ3v) is 32.4. The molecule has 2 aromatic heterocycles. The van der Waals surface area contributed by atoms with Crippen LogP contribution in [0.4, 0.5) is 11.6 Å². The second kappa shape index (κ2) is 12.6. The zero-order valence-corrected chi connectivity index (χ0v) is 39.8. The Hall–Kier alpha value is -7.04. The molecule has 8 nitrogen and oxygen atoms in total. The number of hydrogen-bond donors (Lipinski definition) is 0. The van der Waals surface area contributed by atoms with Crippen LogP contribution < -0.4 is 11.0 Å². The van der Waals surface area contributed by atoms with Gasteiger partial charge in [0.15, 0.2) is 0 Å². The Labute approximate surface area is 379 Å². The molecule has 0 radical (unpaired) electrons. The van der Waals surface area contributed by atoms with E-state index in [-0.39, 0.29) is 6.86 Å². The maximum atomic E-state index is 5.90. The summed E-state index contributed by atoms with van der Waals surface area (Å²) in [6.07, 6.45) is 0. The third kappa shape index (κ3) is 4.92. The SMILES string of the molecule is C[C](C)(C)[Sn]1([C](C)(C)C)[n]2c3c4cc5ccccc5cc4c2N=C2N=C(N=c4c5cc6ccccc6cc5c([n]41)=NC1=NC(=N3)c3cc4ccccc4cc31)c1cc3ccccc3cc12. The molecule has 10 aromatic rings. The average Bonchev–Trinajstić information content (AvgIpc) is 3.98. The van der Waals surface area contributed by atoms with Crippen LogP contribution in [-0.2, 0) is 0 Å². The number of fused-ring (bicyclic) bond motifs is 18. The minimum atomic E-state index is -4.84. The van der Waals surface area contributed by atoms with E-state index in [1.54, 1.807) is 0 Å². The fourth-order valence-electron chi connectivity index (χ4n) is 11.9. The number of amidine groups is 4. The Kier molecular flexibility index (Phi) is 7.24. The first-order valence-corrected chi connectivity index (χ1v) is 27.9. The van der Waals surface area contributed by atoms with Crippen molar-refractivity contribution < 1.29 is 0 Å². The van der Waals surface area contributed by atoms with Gasteiger partial charge >= 0.3 is 381 Å². The molecule has 0 aliphatic carbocycles. The molecule has 310 valence electrons. The van der Waals surface area contributed by atoms with Gasteiger partial charge in [0.05, 0.1) is 0 Å². The van der Waals surface area contributed by atoms with Crippen LogP contribution in [0.3, 0.4) is 0 Å². The van der Waals surface area contributed by atoms with E-state index in [0.29, 0.717) is 23.3 Å². The summed E-state index contributed by atoms with van der Waals surface area (Å²) in [5.74, 6) is 4.37. The van der Waals surface area contributed by atoms with Crippen molar-refractivity contribution in [3.8, 4) is 0 Å². The summed E-state index contributed by atoms with van der Waals surface area (Å²) in [6.45, 7) is 14.6. The van der Waals surface area contributed by atoms with Crippen LogP contribution in [0.1, 0.15) is 63.8 Å². The molecule has 0 saturated carbocycles. The number of aromatic nitrogens is 2. The van der Waals surface area contributed by atoms with E-state index in [1.807, 2.05) is 0 Å². The van der Waals surface area contributed by atoms with Crippen LogP contribution >= 0.6 is 0 Å².